The molecule has 0 bridgehead atoms. The zero-order chi connectivity index (χ0) is 7.72. The Kier molecular flexibility index (Phi) is 3.16. The highest BCUT2D eigenvalue weighted by atomic mass is 79.9. The monoisotopic (exact) mass is 298 g/mol. The van der Waals surface area contributed by atoms with Crippen molar-refractivity contribution in [2.75, 3.05) is 0 Å². The fourth-order valence-corrected chi connectivity index (χ4v) is 1.95. The lowest BCUT2D eigenvalue weighted by Crippen LogP contribution is -1.73. The quantitative estimate of drug-likeness (QED) is 0.669. The summed E-state index contributed by atoms with van der Waals surface area (Å²) in [6.07, 6.45) is 0. The van der Waals surface area contributed by atoms with Crippen molar-refractivity contribution < 1.29 is 0 Å². The lowest BCUT2D eigenvalue weighted by molar-refractivity contribution is 1.24. The largest absolute Gasteiger partial charge is 0.142 e. The SMILES string of the molecule is Sc1cc(Br)c(Br)cc1S. The van der Waals surface area contributed by atoms with Crippen molar-refractivity contribution in [1.82, 2.24) is 0 Å². The molecule has 54 valence electrons. The molecule has 0 amide bonds. The van der Waals surface area contributed by atoms with Crippen molar-refractivity contribution in [3.8, 4) is 0 Å². The predicted octanol–water partition coefficient (Wildman–Crippen LogP) is 3.79. The Morgan fingerprint density at radius 2 is 1.20 bits per heavy atom. The van der Waals surface area contributed by atoms with Crippen LogP contribution >= 0.6 is 57.1 Å². The van der Waals surface area contributed by atoms with Crippen LogP contribution in [0.25, 0.3) is 0 Å². The van der Waals surface area contributed by atoms with Gasteiger partial charge in [-0.05, 0) is 44.0 Å². The highest BCUT2D eigenvalue weighted by Crippen LogP contribution is 2.30. The molecule has 0 aliphatic heterocycles. The van der Waals surface area contributed by atoms with Crippen molar-refractivity contribution in [2.45, 2.75) is 9.79 Å². The van der Waals surface area contributed by atoms with Gasteiger partial charge in [-0.3, -0.25) is 0 Å². The molecule has 0 aliphatic carbocycles. The van der Waals surface area contributed by atoms with E-state index in [0.29, 0.717) is 0 Å². The van der Waals surface area contributed by atoms with E-state index >= 15 is 0 Å². The Morgan fingerprint density at radius 1 is 0.900 bits per heavy atom. The van der Waals surface area contributed by atoms with E-state index in [-0.39, 0.29) is 0 Å². The van der Waals surface area contributed by atoms with Crippen LogP contribution in [0.4, 0.5) is 0 Å². The van der Waals surface area contributed by atoms with Crippen molar-refractivity contribution in [2.24, 2.45) is 0 Å². The second kappa shape index (κ2) is 3.52. The predicted molar refractivity (Wildman–Crippen MR) is 56.3 cm³/mol. The average molecular weight is 300 g/mol. The van der Waals surface area contributed by atoms with Gasteiger partial charge < -0.3 is 0 Å². The van der Waals surface area contributed by atoms with E-state index in [1.165, 1.54) is 0 Å². The fourth-order valence-electron chi connectivity index (χ4n) is 0.526. The van der Waals surface area contributed by atoms with Crippen LogP contribution in [0.5, 0.6) is 0 Å². The molecule has 10 heavy (non-hydrogen) atoms. The molecule has 0 saturated carbocycles. The summed E-state index contributed by atoms with van der Waals surface area (Å²) >= 11 is 15.1. The third-order valence-electron chi connectivity index (χ3n) is 1.02. The van der Waals surface area contributed by atoms with Gasteiger partial charge in [0, 0.05) is 18.7 Å². The molecule has 0 fully saturated rings. The summed E-state index contributed by atoms with van der Waals surface area (Å²) in [5.74, 6) is 0. The normalized spacial score (nSPS) is 10.0. The molecule has 1 aromatic rings. The minimum Gasteiger partial charge on any atom is -0.142 e. The molecule has 0 nitrogen and oxygen atoms in total. The first-order valence-corrected chi connectivity index (χ1v) is 4.96. The maximum Gasteiger partial charge on any atom is 0.0329 e. The molecule has 1 aromatic carbocycles. The van der Waals surface area contributed by atoms with Crippen molar-refractivity contribution >= 4 is 57.1 Å². The Labute approximate surface area is 87.5 Å². The zero-order valence-corrected chi connectivity index (χ0v) is 9.77. The molecule has 0 aromatic heterocycles. The van der Waals surface area contributed by atoms with Crippen LogP contribution in [0.1, 0.15) is 0 Å². The third kappa shape index (κ3) is 1.94. The van der Waals surface area contributed by atoms with Crippen LogP contribution in [0.15, 0.2) is 30.9 Å². The van der Waals surface area contributed by atoms with E-state index in [0.717, 1.165) is 18.7 Å². The number of rotatable bonds is 0. The minimum atomic E-state index is 0.874. The van der Waals surface area contributed by atoms with Crippen LogP contribution < -0.4 is 0 Å². The fraction of sp³-hybridized carbons (Fsp3) is 0. The van der Waals surface area contributed by atoms with Gasteiger partial charge in [0.1, 0.15) is 0 Å². The summed E-state index contributed by atoms with van der Waals surface area (Å²) < 4.78 is 1.99. The van der Waals surface area contributed by atoms with E-state index in [1.807, 2.05) is 12.1 Å². The topological polar surface area (TPSA) is 0 Å². The van der Waals surface area contributed by atoms with E-state index < -0.39 is 0 Å². The van der Waals surface area contributed by atoms with E-state index in [4.69, 9.17) is 0 Å². The van der Waals surface area contributed by atoms with Gasteiger partial charge in [-0.1, -0.05) is 0 Å². The molecular formula is C6H4Br2S2. The van der Waals surface area contributed by atoms with Crippen LogP contribution in [0.3, 0.4) is 0 Å². The summed E-state index contributed by atoms with van der Waals surface area (Å²) in [6.45, 7) is 0. The standard InChI is InChI=1S/C6H4Br2S2/c7-3-1-5(9)6(10)2-4(3)8/h1-2,9-10H. The molecule has 0 unspecified atom stereocenters. The van der Waals surface area contributed by atoms with Gasteiger partial charge in [-0.2, -0.15) is 0 Å². The number of hydrogen-bond acceptors (Lipinski definition) is 2. The highest BCUT2D eigenvalue weighted by Gasteiger charge is 1.99. The van der Waals surface area contributed by atoms with Crippen molar-refractivity contribution in [3.05, 3.63) is 21.1 Å². The smallest absolute Gasteiger partial charge is 0.0329 e. The zero-order valence-electron chi connectivity index (χ0n) is 4.81. The number of thiol groups is 2. The van der Waals surface area contributed by atoms with Gasteiger partial charge in [0.2, 0.25) is 0 Å². The van der Waals surface area contributed by atoms with E-state index in [1.54, 1.807) is 0 Å². The van der Waals surface area contributed by atoms with Crippen LogP contribution in [-0.4, -0.2) is 0 Å². The van der Waals surface area contributed by atoms with Gasteiger partial charge in [-0.25, -0.2) is 0 Å². The maximum atomic E-state index is 4.19. The molecule has 0 heterocycles. The lowest BCUT2D eigenvalue weighted by atomic mass is 10.4. The molecule has 0 N–H and O–H groups in total. The first kappa shape index (κ1) is 8.97. The van der Waals surface area contributed by atoms with Gasteiger partial charge in [-0.15, -0.1) is 25.3 Å². The minimum absolute atomic E-state index is 0.874. The van der Waals surface area contributed by atoms with Crippen molar-refractivity contribution in [3.63, 3.8) is 0 Å². The molecule has 0 saturated heterocycles. The second-order valence-corrected chi connectivity index (χ2v) is 4.43. The molecular weight excluding hydrogens is 296 g/mol. The first-order chi connectivity index (χ1) is 4.61. The summed E-state index contributed by atoms with van der Waals surface area (Å²) in [5.41, 5.74) is 0. The second-order valence-electron chi connectivity index (χ2n) is 1.76. The Bertz CT molecular complexity index is 210. The number of halogens is 2. The molecule has 4 heteroatoms. The average Bonchev–Trinajstić information content (AvgIpc) is 1.84. The van der Waals surface area contributed by atoms with Crippen LogP contribution in [-0.2, 0) is 0 Å². The molecule has 1 rings (SSSR count). The number of benzene rings is 1. The Morgan fingerprint density at radius 3 is 1.50 bits per heavy atom. The number of hydrogen-bond donors (Lipinski definition) is 2. The van der Waals surface area contributed by atoms with Crippen LogP contribution in [0, 0.1) is 0 Å². The summed E-state index contributed by atoms with van der Waals surface area (Å²) in [5, 5.41) is 0. The molecule has 0 spiro atoms. The van der Waals surface area contributed by atoms with Gasteiger partial charge in [0.05, 0.1) is 0 Å². The first-order valence-electron chi connectivity index (χ1n) is 2.48. The summed E-state index contributed by atoms with van der Waals surface area (Å²) in [6, 6.07) is 3.80. The van der Waals surface area contributed by atoms with Gasteiger partial charge in [0.15, 0.2) is 0 Å². The Balaban J connectivity index is 3.28. The highest BCUT2D eigenvalue weighted by molar-refractivity contribution is 9.13. The van der Waals surface area contributed by atoms with Gasteiger partial charge in [0.25, 0.3) is 0 Å². The Hall–Kier alpha value is 0.880. The van der Waals surface area contributed by atoms with E-state index in [2.05, 4.69) is 57.1 Å². The molecule has 0 aliphatic rings. The summed E-state index contributed by atoms with van der Waals surface area (Å²) in [4.78, 5) is 1.75. The van der Waals surface area contributed by atoms with Crippen molar-refractivity contribution in [1.29, 1.82) is 0 Å². The third-order valence-corrected chi connectivity index (χ3v) is 3.78. The summed E-state index contributed by atoms with van der Waals surface area (Å²) in [7, 11) is 0. The van der Waals surface area contributed by atoms with Crippen LogP contribution in [0.2, 0.25) is 0 Å². The molecule has 0 radical (unpaired) electrons. The maximum absolute atomic E-state index is 4.19. The molecule has 0 atom stereocenters. The van der Waals surface area contributed by atoms with Gasteiger partial charge >= 0.3 is 0 Å². The lowest BCUT2D eigenvalue weighted by Gasteiger charge is -2.00. The van der Waals surface area contributed by atoms with E-state index in [9.17, 15) is 0 Å².